The lowest BCUT2D eigenvalue weighted by molar-refractivity contribution is -0.154. The van der Waals surface area contributed by atoms with Gasteiger partial charge in [0.15, 0.2) is 5.76 Å². The first-order valence-corrected chi connectivity index (χ1v) is 14.6. The number of fused-ring (bicyclic) bond motifs is 3. The topological polar surface area (TPSA) is 62.2 Å². The summed E-state index contributed by atoms with van der Waals surface area (Å²) in [5.74, 6) is 0.370. The number of aliphatic hydroxyl groups is 1. The maximum Gasteiger partial charge on any atom is 0.288 e. The second-order valence-electron chi connectivity index (χ2n) is 11.0. The first kappa shape index (κ1) is 26.8. The molecule has 1 aliphatic carbocycles. The van der Waals surface area contributed by atoms with Gasteiger partial charge >= 0.3 is 0 Å². The first-order chi connectivity index (χ1) is 19.7. The molecule has 0 saturated carbocycles. The molecule has 2 heterocycles. The number of ether oxygens (including phenoxy) is 2. The molecular formula is C34H38N2O4. The predicted molar refractivity (Wildman–Crippen MR) is 156 cm³/mol. The van der Waals surface area contributed by atoms with Crippen molar-refractivity contribution in [2.24, 2.45) is 0 Å². The molecular weight excluding hydrogens is 500 g/mol. The Kier molecular flexibility index (Phi) is 8.28. The van der Waals surface area contributed by atoms with E-state index in [4.69, 9.17) is 14.6 Å². The van der Waals surface area contributed by atoms with Gasteiger partial charge in [0.1, 0.15) is 0 Å². The lowest BCUT2D eigenvalue weighted by atomic mass is 9.90. The number of hydrogen-bond acceptors (Lipinski definition) is 5. The van der Waals surface area contributed by atoms with Gasteiger partial charge in [-0.3, -0.25) is 9.69 Å². The quantitative estimate of drug-likeness (QED) is 0.300. The molecule has 0 bridgehead atoms. The van der Waals surface area contributed by atoms with Crippen molar-refractivity contribution in [1.29, 1.82) is 0 Å². The van der Waals surface area contributed by atoms with Crippen molar-refractivity contribution in [3.05, 3.63) is 107 Å². The van der Waals surface area contributed by atoms with E-state index in [2.05, 4.69) is 71.6 Å². The third-order valence-electron chi connectivity index (χ3n) is 8.28. The van der Waals surface area contributed by atoms with Gasteiger partial charge in [0.05, 0.1) is 6.61 Å². The molecule has 1 fully saturated rings. The van der Waals surface area contributed by atoms with Crippen LogP contribution in [0.1, 0.15) is 47.4 Å². The van der Waals surface area contributed by atoms with E-state index in [0.717, 1.165) is 32.5 Å². The number of unbranched alkanes of at least 4 members (excludes halogenated alkanes) is 1. The van der Waals surface area contributed by atoms with Crippen LogP contribution in [0, 0.1) is 0 Å². The zero-order valence-electron chi connectivity index (χ0n) is 23.0. The molecule has 1 amide bonds. The van der Waals surface area contributed by atoms with Gasteiger partial charge in [0, 0.05) is 51.7 Å². The fourth-order valence-electron chi connectivity index (χ4n) is 6.07. The van der Waals surface area contributed by atoms with Crippen LogP contribution >= 0.6 is 0 Å². The summed E-state index contributed by atoms with van der Waals surface area (Å²) < 4.78 is 12.2. The Morgan fingerprint density at radius 3 is 2.50 bits per heavy atom. The molecule has 1 N–H and O–H groups in total. The Labute approximate surface area is 236 Å². The van der Waals surface area contributed by atoms with E-state index in [0.29, 0.717) is 38.3 Å². The van der Waals surface area contributed by atoms with Crippen molar-refractivity contribution in [1.82, 2.24) is 9.80 Å². The Hall–Kier alpha value is -3.45. The highest BCUT2D eigenvalue weighted by molar-refractivity contribution is 5.92. The molecule has 6 heteroatoms. The summed E-state index contributed by atoms with van der Waals surface area (Å²) in [5.41, 5.74) is 7.81. The van der Waals surface area contributed by atoms with Crippen molar-refractivity contribution in [2.45, 2.75) is 44.4 Å². The van der Waals surface area contributed by atoms with E-state index in [1.807, 2.05) is 17.0 Å². The number of amides is 1. The Morgan fingerprint density at radius 1 is 0.900 bits per heavy atom. The molecule has 6 rings (SSSR count). The van der Waals surface area contributed by atoms with Gasteiger partial charge in [0.25, 0.3) is 5.91 Å². The monoisotopic (exact) mass is 538 g/mol. The molecule has 40 heavy (non-hydrogen) atoms. The summed E-state index contributed by atoms with van der Waals surface area (Å²) in [4.78, 5) is 18.0. The van der Waals surface area contributed by atoms with Crippen LogP contribution in [-0.4, -0.2) is 66.5 Å². The summed E-state index contributed by atoms with van der Waals surface area (Å²) in [5, 5.41) is 9.15. The fraction of sp³-hybridized carbons (Fsp3) is 0.382. The molecule has 0 unspecified atom stereocenters. The van der Waals surface area contributed by atoms with Crippen molar-refractivity contribution in [2.75, 3.05) is 39.4 Å². The number of carbonyl (C=O) groups is 1. The zero-order valence-corrected chi connectivity index (χ0v) is 23.0. The van der Waals surface area contributed by atoms with Crippen LogP contribution in [0.4, 0.5) is 0 Å². The smallest absolute Gasteiger partial charge is 0.288 e. The van der Waals surface area contributed by atoms with Crippen molar-refractivity contribution in [3.63, 3.8) is 0 Å². The zero-order chi connectivity index (χ0) is 27.3. The van der Waals surface area contributed by atoms with Gasteiger partial charge in [-0.15, -0.1) is 0 Å². The average molecular weight is 539 g/mol. The number of allylic oxidation sites excluding steroid dienone is 1. The Morgan fingerprint density at radius 2 is 1.68 bits per heavy atom. The molecule has 0 spiro atoms. The molecule has 2 aliphatic heterocycles. The van der Waals surface area contributed by atoms with Gasteiger partial charge in [-0.25, -0.2) is 0 Å². The molecule has 2 atom stereocenters. The van der Waals surface area contributed by atoms with Gasteiger partial charge in [-0.2, -0.15) is 0 Å². The summed E-state index contributed by atoms with van der Waals surface area (Å²) in [6, 6.07) is 25.8. The Balaban J connectivity index is 1.16. The molecule has 3 aliphatic rings. The normalized spacial score (nSPS) is 20.4. The van der Waals surface area contributed by atoms with Crippen LogP contribution in [0.25, 0.3) is 11.1 Å². The predicted octanol–water partition coefficient (Wildman–Crippen LogP) is 5.11. The summed E-state index contributed by atoms with van der Waals surface area (Å²) in [6.45, 7) is 4.57. The lowest BCUT2D eigenvalue weighted by Gasteiger charge is -2.36. The molecule has 3 aromatic carbocycles. The van der Waals surface area contributed by atoms with Crippen LogP contribution < -0.4 is 0 Å². The van der Waals surface area contributed by atoms with Crippen molar-refractivity contribution < 1.29 is 19.4 Å². The molecule has 208 valence electrons. The van der Waals surface area contributed by atoms with Gasteiger partial charge in [0.2, 0.25) is 6.29 Å². The SMILES string of the molecule is O=C(C1=C[C@@H](c2ccc3c(c2)Cc2ccccc2-3)C[C@@H](OCCCCO)O1)N1CCN(Cc2ccccc2)CC1. The second kappa shape index (κ2) is 12.4. The Bertz CT molecular complexity index is 1350. The van der Waals surface area contributed by atoms with Gasteiger partial charge in [-0.1, -0.05) is 72.8 Å². The van der Waals surface area contributed by atoms with E-state index in [1.54, 1.807) is 0 Å². The largest absolute Gasteiger partial charge is 0.459 e. The number of nitrogens with zero attached hydrogens (tertiary/aromatic N) is 2. The average Bonchev–Trinajstić information content (AvgIpc) is 3.38. The van der Waals surface area contributed by atoms with E-state index in [9.17, 15) is 4.79 Å². The first-order valence-electron chi connectivity index (χ1n) is 14.6. The number of piperazine rings is 1. The van der Waals surface area contributed by atoms with E-state index in [-0.39, 0.29) is 18.4 Å². The minimum atomic E-state index is -0.488. The standard InChI is InChI=1S/C34H38N2O4/c37-18-6-7-19-39-33-23-28(26-12-13-31-29(20-26)21-27-10-4-5-11-30(27)31)22-32(40-33)34(38)36-16-14-35(15-17-36)24-25-8-2-1-3-9-25/h1-5,8-13,20,22,28,33,37H,6-7,14-19,21,23-24H2/t28-,33+/m1/s1. The third-order valence-corrected chi connectivity index (χ3v) is 8.28. The number of carbonyl (C=O) groups excluding carboxylic acids is 1. The van der Waals surface area contributed by atoms with Crippen molar-refractivity contribution in [3.8, 4) is 11.1 Å². The molecule has 6 nitrogen and oxygen atoms in total. The van der Waals surface area contributed by atoms with Crippen LogP contribution in [0.5, 0.6) is 0 Å². The fourth-order valence-corrected chi connectivity index (χ4v) is 6.07. The lowest BCUT2D eigenvalue weighted by Crippen LogP contribution is -2.49. The molecule has 0 aromatic heterocycles. The van der Waals surface area contributed by atoms with E-state index in [1.165, 1.54) is 33.4 Å². The van der Waals surface area contributed by atoms with E-state index < -0.39 is 6.29 Å². The minimum Gasteiger partial charge on any atom is -0.459 e. The highest BCUT2D eigenvalue weighted by Gasteiger charge is 2.33. The number of aliphatic hydroxyl groups excluding tert-OH is 1. The van der Waals surface area contributed by atoms with Crippen LogP contribution in [0.2, 0.25) is 0 Å². The van der Waals surface area contributed by atoms with Crippen LogP contribution in [0.15, 0.2) is 84.6 Å². The van der Waals surface area contributed by atoms with Crippen LogP contribution in [-0.2, 0) is 27.2 Å². The molecule has 0 radical (unpaired) electrons. The van der Waals surface area contributed by atoms with Gasteiger partial charge in [-0.05, 0) is 58.7 Å². The minimum absolute atomic E-state index is 0.0314. The highest BCUT2D eigenvalue weighted by atomic mass is 16.7. The summed E-state index contributed by atoms with van der Waals surface area (Å²) in [6.07, 6.45) is 4.57. The molecule has 1 saturated heterocycles. The number of rotatable bonds is 9. The van der Waals surface area contributed by atoms with Gasteiger partial charge < -0.3 is 19.5 Å². The van der Waals surface area contributed by atoms with Crippen LogP contribution in [0.3, 0.4) is 0 Å². The highest BCUT2D eigenvalue weighted by Crippen LogP contribution is 2.40. The van der Waals surface area contributed by atoms with E-state index >= 15 is 0 Å². The summed E-state index contributed by atoms with van der Waals surface area (Å²) >= 11 is 0. The second-order valence-corrected chi connectivity index (χ2v) is 11.0. The summed E-state index contributed by atoms with van der Waals surface area (Å²) in [7, 11) is 0. The molecule has 3 aromatic rings. The van der Waals surface area contributed by atoms with Crippen molar-refractivity contribution >= 4 is 5.91 Å². The number of hydrogen-bond donors (Lipinski definition) is 1. The maximum absolute atomic E-state index is 13.7. The maximum atomic E-state index is 13.7. The third kappa shape index (κ3) is 5.99. The number of benzene rings is 3.